The van der Waals surface area contributed by atoms with Crippen molar-refractivity contribution in [1.29, 1.82) is 0 Å². The molecule has 0 spiro atoms. The van der Waals surface area contributed by atoms with Gasteiger partial charge in [-0.1, -0.05) is 11.6 Å². The number of hydrogen-bond donors (Lipinski definition) is 0. The molecule has 1 saturated heterocycles. The molecule has 2 nitrogen and oxygen atoms in total. The Labute approximate surface area is 113 Å². The molecule has 18 heavy (non-hydrogen) atoms. The Morgan fingerprint density at radius 1 is 1.28 bits per heavy atom. The molecule has 0 amide bonds. The van der Waals surface area contributed by atoms with E-state index in [-0.39, 0.29) is 0 Å². The number of halogens is 1. The van der Waals surface area contributed by atoms with Gasteiger partial charge in [-0.15, -0.1) is 0 Å². The van der Waals surface area contributed by atoms with Crippen LogP contribution in [-0.2, 0) is 0 Å². The van der Waals surface area contributed by atoms with Gasteiger partial charge in [0.25, 0.3) is 0 Å². The molecule has 1 unspecified atom stereocenters. The summed E-state index contributed by atoms with van der Waals surface area (Å²) in [6.45, 7) is 3.43. The van der Waals surface area contributed by atoms with Crippen molar-refractivity contribution < 1.29 is 0 Å². The highest BCUT2D eigenvalue weighted by Crippen LogP contribution is 2.31. The summed E-state index contributed by atoms with van der Waals surface area (Å²) in [4.78, 5) is 6.91. The molecule has 2 heterocycles. The zero-order valence-electron chi connectivity index (χ0n) is 10.6. The number of hydrogen-bond acceptors (Lipinski definition) is 2. The number of fused-ring (bicyclic) bond motifs is 1. The Hall–Kier alpha value is -1.28. The topological polar surface area (TPSA) is 16.1 Å². The lowest BCUT2D eigenvalue weighted by Gasteiger charge is -2.36. The smallest absolute Gasteiger partial charge is 0.0723 e. The summed E-state index contributed by atoms with van der Waals surface area (Å²) in [6.07, 6.45) is 5.77. The van der Waals surface area contributed by atoms with Crippen LogP contribution in [0.25, 0.3) is 10.9 Å². The minimum Gasteiger partial charge on any atom is -0.368 e. The minimum absolute atomic E-state index is 0.600. The van der Waals surface area contributed by atoms with E-state index in [0.717, 1.165) is 17.1 Å². The van der Waals surface area contributed by atoms with E-state index in [4.69, 9.17) is 11.6 Å². The Morgan fingerprint density at radius 2 is 2.17 bits per heavy atom. The van der Waals surface area contributed by atoms with E-state index < -0.39 is 0 Å². The van der Waals surface area contributed by atoms with E-state index in [9.17, 15) is 0 Å². The van der Waals surface area contributed by atoms with Crippen LogP contribution in [0.3, 0.4) is 0 Å². The molecule has 0 aliphatic carbocycles. The van der Waals surface area contributed by atoms with E-state index >= 15 is 0 Å². The van der Waals surface area contributed by atoms with Gasteiger partial charge in [-0.25, -0.2) is 0 Å². The first-order valence-electron chi connectivity index (χ1n) is 6.56. The zero-order chi connectivity index (χ0) is 12.5. The number of pyridine rings is 1. The Morgan fingerprint density at radius 3 is 3.00 bits per heavy atom. The van der Waals surface area contributed by atoms with Crippen LogP contribution in [0, 0.1) is 0 Å². The van der Waals surface area contributed by atoms with Gasteiger partial charge in [0.2, 0.25) is 0 Å². The number of piperidine rings is 1. The summed E-state index contributed by atoms with van der Waals surface area (Å²) in [5.41, 5.74) is 2.30. The fourth-order valence-electron chi connectivity index (χ4n) is 2.81. The molecular weight excluding hydrogens is 244 g/mol. The fourth-order valence-corrected chi connectivity index (χ4v) is 2.98. The van der Waals surface area contributed by atoms with Crippen molar-refractivity contribution in [3.05, 3.63) is 35.5 Å². The molecule has 0 bridgehead atoms. The van der Waals surface area contributed by atoms with Crippen LogP contribution in [0.15, 0.2) is 30.5 Å². The maximum Gasteiger partial charge on any atom is 0.0723 e. The summed E-state index contributed by atoms with van der Waals surface area (Å²) >= 11 is 6.12. The molecule has 2 aromatic rings. The summed E-state index contributed by atoms with van der Waals surface area (Å²) in [7, 11) is 0. The van der Waals surface area contributed by atoms with E-state index in [1.54, 1.807) is 0 Å². The maximum absolute atomic E-state index is 6.12. The van der Waals surface area contributed by atoms with Gasteiger partial charge in [-0.2, -0.15) is 0 Å². The predicted octanol–water partition coefficient (Wildman–Crippen LogP) is 4.27. The number of aromatic nitrogens is 1. The highest BCUT2D eigenvalue weighted by Gasteiger charge is 2.20. The second-order valence-corrected chi connectivity index (χ2v) is 5.47. The predicted molar refractivity (Wildman–Crippen MR) is 77.4 cm³/mol. The molecule has 0 saturated carbocycles. The van der Waals surface area contributed by atoms with Crippen molar-refractivity contribution in [2.45, 2.75) is 32.2 Å². The lowest BCUT2D eigenvalue weighted by atomic mass is 10.0. The molecule has 1 aliphatic rings. The summed E-state index contributed by atoms with van der Waals surface area (Å²) < 4.78 is 0. The first kappa shape index (κ1) is 11.8. The van der Waals surface area contributed by atoms with Gasteiger partial charge in [-0.3, -0.25) is 4.98 Å². The number of benzene rings is 1. The van der Waals surface area contributed by atoms with Crippen LogP contribution in [0.1, 0.15) is 26.2 Å². The summed E-state index contributed by atoms with van der Waals surface area (Å²) in [5, 5.41) is 1.94. The zero-order valence-corrected chi connectivity index (χ0v) is 11.3. The normalized spacial score (nSPS) is 20.3. The Kier molecular flexibility index (Phi) is 3.13. The van der Waals surface area contributed by atoms with Gasteiger partial charge < -0.3 is 4.90 Å². The first-order valence-corrected chi connectivity index (χ1v) is 6.94. The van der Waals surface area contributed by atoms with Crippen molar-refractivity contribution in [2.75, 3.05) is 11.4 Å². The average Bonchev–Trinajstić information content (AvgIpc) is 2.39. The van der Waals surface area contributed by atoms with Crippen LogP contribution in [0.4, 0.5) is 5.69 Å². The molecular formula is C15H17ClN2. The van der Waals surface area contributed by atoms with E-state index in [2.05, 4.69) is 22.9 Å². The van der Waals surface area contributed by atoms with Gasteiger partial charge in [-0.05, 0) is 50.5 Å². The third-order valence-electron chi connectivity index (χ3n) is 3.79. The van der Waals surface area contributed by atoms with Crippen LogP contribution in [0.5, 0.6) is 0 Å². The van der Waals surface area contributed by atoms with Gasteiger partial charge >= 0.3 is 0 Å². The second-order valence-electron chi connectivity index (χ2n) is 5.03. The second kappa shape index (κ2) is 4.77. The highest BCUT2D eigenvalue weighted by molar-refractivity contribution is 6.31. The third kappa shape index (κ3) is 2.05. The SMILES string of the molecule is CC1CCCCN1c1ccnc2ccc(Cl)cc12. The molecule has 1 aliphatic heterocycles. The average molecular weight is 261 g/mol. The summed E-state index contributed by atoms with van der Waals surface area (Å²) in [6, 6.07) is 8.64. The van der Waals surface area contributed by atoms with Gasteiger partial charge in [0.15, 0.2) is 0 Å². The Balaban J connectivity index is 2.12. The molecule has 3 rings (SSSR count). The van der Waals surface area contributed by atoms with Crippen LogP contribution in [0.2, 0.25) is 5.02 Å². The van der Waals surface area contributed by atoms with Crippen molar-refractivity contribution in [3.63, 3.8) is 0 Å². The number of rotatable bonds is 1. The molecule has 1 fully saturated rings. The quantitative estimate of drug-likeness (QED) is 0.761. The van der Waals surface area contributed by atoms with Gasteiger partial charge in [0, 0.05) is 34.9 Å². The molecule has 1 atom stereocenters. The number of nitrogens with zero attached hydrogens (tertiary/aromatic N) is 2. The maximum atomic E-state index is 6.12. The highest BCUT2D eigenvalue weighted by atomic mass is 35.5. The molecule has 94 valence electrons. The molecule has 0 radical (unpaired) electrons. The van der Waals surface area contributed by atoms with Crippen molar-refractivity contribution >= 4 is 28.2 Å². The van der Waals surface area contributed by atoms with Crippen LogP contribution < -0.4 is 4.90 Å². The van der Waals surface area contributed by atoms with Crippen LogP contribution >= 0.6 is 11.6 Å². The van der Waals surface area contributed by atoms with Gasteiger partial charge in [0.05, 0.1) is 5.52 Å². The first-order chi connectivity index (χ1) is 8.75. The van der Waals surface area contributed by atoms with E-state index in [1.165, 1.54) is 30.3 Å². The molecule has 3 heteroatoms. The summed E-state index contributed by atoms with van der Waals surface area (Å²) in [5.74, 6) is 0. The molecule has 1 aromatic carbocycles. The van der Waals surface area contributed by atoms with Crippen molar-refractivity contribution in [2.24, 2.45) is 0 Å². The lowest BCUT2D eigenvalue weighted by molar-refractivity contribution is 0.486. The van der Waals surface area contributed by atoms with E-state index in [1.807, 2.05) is 24.4 Å². The fraction of sp³-hybridized carbons (Fsp3) is 0.400. The largest absolute Gasteiger partial charge is 0.368 e. The van der Waals surface area contributed by atoms with Crippen LogP contribution in [-0.4, -0.2) is 17.6 Å². The minimum atomic E-state index is 0.600. The Bertz CT molecular complexity index is 567. The molecule has 1 aromatic heterocycles. The van der Waals surface area contributed by atoms with Crippen molar-refractivity contribution in [3.8, 4) is 0 Å². The lowest BCUT2D eigenvalue weighted by Crippen LogP contribution is -2.37. The third-order valence-corrected chi connectivity index (χ3v) is 4.03. The van der Waals surface area contributed by atoms with Crippen molar-refractivity contribution in [1.82, 2.24) is 4.98 Å². The van der Waals surface area contributed by atoms with E-state index in [0.29, 0.717) is 6.04 Å². The standard InChI is InChI=1S/C15H17ClN2/c1-11-4-2-3-9-18(11)15-7-8-17-14-6-5-12(16)10-13(14)15/h5-8,10-11H,2-4,9H2,1H3. The number of anilines is 1. The monoisotopic (exact) mass is 260 g/mol. The molecule has 0 N–H and O–H groups in total. The van der Waals surface area contributed by atoms with Gasteiger partial charge in [0.1, 0.15) is 0 Å².